The highest BCUT2D eigenvalue weighted by atomic mass is 16.6. The van der Waals surface area contributed by atoms with Crippen LogP contribution >= 0.6 is 0 Å². The number of ether oxygens (including phenoxy) is 1. The molecule has 0 fully saturated rings. The average Bonchev–Trinajstić information content (AvgIpc) is 2.45. The van der Waals surface area contributed by atoms with E-state index in [1.54, 1.807) is 0 Å². The van der Waals surface area contributed by atoms with Crippen LogP contribution in [0.4, 0.5) is 5.69 Å². The van der Waals surface area contributed by atoms with Crippen molar-refractivity contribution in [1.29, 1.82) is 0 Å². The lowest BCUT2D eigenvalue weighted by atomic mass is 10.2. The monoisotopic (exact) mass is 278 g/mol. The molecule has 0 aliphatic rings. The minimum absolute atomic E-state index is 0.00956. The van der Waals surface area contributed by atoms with E-state index in [2.05, 4.69) is 10.1 Å². The maximum Gasteiger partial charge on any atom is 0.307 e. The van der Waals surface area contributed by atoms with E-state index in [0.29, 0.717) is 5.56 Å². The van der Waals surface area contributed by atoms with Crippen molar-refractivity contribution in [2.45, 2.75) is 6.42 Å². The lowest BCUT2D eigenvalue weighted by Crippen LogP contribution is -2.24. The van der Waals surface area contributed by atoms with E-state index in [1.165, 1.54) is 43.5 Å². The third kappa shape index (κ3) is 5.30. The van der Waals surface area contributed by atoms with Gasteiger partial charge in [0, 0.05) is 24.8 Å². The molecule has 1 aromatic rings. The Kier molecular flexibility index (Phi) is 5.89. The van der Waals surface area contributed by atoms with Gasteiger partial charge in [-0.3, -0.25) is 19.7 Å². The summed E-state index contributed by atoms with van der Waals surface area (Å²) in [7, 11) is 1.28. The number of methoxy groups -OCH3 is 1. The van der Waals surface area contributed by atoms with Crippen molar-refractivity contribution in [3.8, 4) is 0 Å². The molecule has 1 aromatic carbocycles. The Labute approximate surface area is 115 Å². The second-order valence-corrected chi connectivity index (χ2v) is 3.80. The van der Waals surface area contributed by atoms with Gasteiger partial charge in [-0.15, -0.1) is 0 Å². The molecule has 1 rings (SSSR count). The van der Waals surface area contributed by atoms with Crippen LogP contribution in [0.25, 0.3) is 6.08 Å². The average molecular weight is 278 g/mol. The van der Waals surface area contributed by atoms with Crippen molar-refractivity contribution in [2.24, 2.45) is 0 Å². The summed E-state index contributed by atoms with van der Waals surface area (Å²) in [5.41, 5.74) is 0.656. The lowest BCUT2D eigenvalue weighted by molar-refractivity contribution is -0.384. The number of nitro benzene ring substituents is 1. The number of nitrogens with zero attached hydrogens (tertiary/aromatic N) is 1. The van der Waals surface area contributed by atoms with Crippen LogP contribution in [-0.2, 0) is 14.3 Å². The highest BCUT2D eigenvalue weighted by Gasteiger charge is 2.03. The zero-order chi connectivity index (χ0) is 15.0. The van der Waals surface area contributed by atoms with Crippen LogP contribution in [0, 0.1) is 10.1 Å². The summed E-state index contributed by atoms with van der Waals surface area (Å²) >= 11 is 0. The van der Waals surface area contributed by atoms with Crippen LogP contribution in [-0.4, -0.2) is 30.5 Å². The molecule has 0 heterocycles. The number of nitrogens with one attached hydrogen (secondary N) is 1. The molecular formula is C13H14N2O5. The first-order valence-electron chi connectivity index (χ1n) is 5.80. The van der Waals surface area contributed by atoms with Gasteiger partial charge in [-0.1, -0.05) is 0 Å². The van der Waals surface area contributed by atoms with Crippen LogP contribution in [0.2, 0.25) is 0 Å². The van der Waals surface area contributed by atoms with Crippen LogP contribution in [0.3, 0.4) is 0 Å². The Bertz CT molecular complexity index is 522. The summed E-state index contributed by atoms with van der Waals surface area (Å²) in [6, 6.07) is 5.79. The first-order valence-corrected chi connectivity index (χ1v) is 5.80. The smallest absolute Gasteiger partial charge is 0.307 e. The number of non-ortho nitro benzene ring substituents is 1. The number of rotatable bonds is 6. The van der Waals surface area contributed by atoms with Gasteiger partial charge in [-0.25, -0.2) is 0 Å². The second-order valence-electron chi connectivity index (χ2n) is 3.80. The van der Waals surface area contributed by atoms with Gasteiger partial charge in [-0.2, -0.15) is 0 Å². The zero-order valence-corrected chi connectivity index (χ0v) is 10.9. The Morgan fingerprint density at radius 3 is 2.55 bits per heavy atom. The molecule has 0 saturated heterocycles. The first kappa shape index (κ1) is 15.4. The third-order valence-electron chi connectivity index (χ3n) is 2.39. The summed E-state index contributed by atoms with van der Waals surface area (Å²) < 4.78 is 4.43. The van der Waals surface area contributed by atoms with Crippen LogP contribution < -0.4 is 5.32 Å². The van der Waals surface area contributed by atoms with Gasteiger partial charge in [0.25, 0.3) is 5.69 Å². The molecule has 1 amide bonds. The number of hydrogen-bond acceptors (Lipinski definition) is 5. The fraction of sp³-hybridized carbons (Fsp3) is 0.231. The molecule has 0 saturated carbocycles. The van der Waals surface area contributed by atoms with Crippen molar-refractivity contribution in [1.82, 2.24) is 5.32 Å². The molecule has 7 nitrogen and oxygen atoms in total. The standard InChI is InChI=1S/C13H14N2O5/c1-20-13(17)8-9-14-12(16)7-4-10-2-5-11(6-3-10)15(18)19/h2-7H,8-9H2,1H3,(H,14,16). The van der Waals surface area contributed by atoms with Crippen LogP contribution in [0.5, 0.6) is 0 Å². The molecule has 20 heavy (non-hydrogen) atoms. The molecule has 0 aliphatic heterocycles. The van der Waals surface area contributed by atoms with Gasteiger partial charge in [0.2, 0.25) is 5.91 Å². The largest absolute Gasteiger partial charge is 0.469 e. The van der Waals surface area contributed by atoms with Gasteiger partial charge in [0.15, 0.2) is 0 Å². The van der Waals surface area contributed by atoms with Crippen molar-refractivity contribution in [2.75, 3.05) is 13.7 Å². The highest BCUT2D eigenvalue weighted by molar-refractivity contribution is 5.91. The number of esters is 1. The Balaban J connectivity index is 2.44. The molecule has 0 aromatic heterocycles. The third-order valence-corrected chi connectivity index (χ3v) is 2.39. The minimum Gasteiger partial charge on any atom is -0.469 e. The number of hydrogen-bond donors (Lipinski definition) is 1. The van der Waals surface area contributed by atoms with E-state index in [1.807, 2.05) is 0 Å². The second kappa shape index (κ2) is 7.67. The van der Waals surface area contributed by atoms with E-state index < -0.39 is 10.9 Å². The maximum atomic E-state index is 11.4. The fourth-order valence-corrected chi connectivity index (χ4v) is 1.33. The lowest BCUT2D eigenvalue weighted by Gasteiger charge is -2.00. The Morgan fingerprint density at radius 1 is 1.35 bits per heavy atom. The topological polar surface area (TPSA) is 98.5 Å². The molecule has 0 spiro atoms. The summed E-state index contributed by atoms with van der Waals surface area (Å²) in [5, 5.41) is 13.0. The molecule has 0 bridgehead atoms. The molecule has 106 valence electrons. The summed E-state index contributed by atoms with van der Waals surface area (Å²) in [6.45, 7) is 0.191. The van der Waals surface area contributed by atoms with Crippen LogP contribution in [0.1, 0.15) is 12.0 Å². The van der Waals surface area contributed by atoms with E-state index in [-0.39, 0.29) is 24.6 Å². The van der Waals surface area contributed by atoms with Gasteiger partial charge in [0.1, 0.15) is 0 Å². The number of amides is 1. The number of benzene rings is 1. The quantitative estimate of drug-likeness (QED) is 0.366. The summed E-state index contributed by atoms with van der Waals surface area (Å²) in [4.78, 5) is 32.2. The molecular weight excluding hydrogens is 264 g/mol. The van der Waals surface area contributed by atoms with Gasteiger partial charge in [-0.05, 0) is 23.8 Å². The predicted octanol–water partition coefficient (Wildman–Crippen LogP) is 1.29. The molecule has 1 N–H and O–H groups in total. The van der Waals surface area contributed by atoms with Crippen molar-refractivity contribution in [3.05, 3.63) is 46.0 Å². The Morgan fingerprint density at radius 2 is 2.00 bits per heavy atom. The van der Waals surface area contributed by atoms with Gasteiger partial charge < -0.3 is 10.1 Å². The van der Waals surface area contributed by atoms with E-state index in [4.69, 9.17) is 0 Å². The van der Waals surface area contributed by atoms with Gasteiger partial charge in [0.05, 0.1) is 18.5 Å². The van der Waals surface area contributed by atoms with Crippen LogP contribution in [0.15, 0.2) is 30.3 Å². The minimum atomic E-state index is -0.493. The number of carbonyl (C=O) groups is 2. The Hall–Kier alpha value is -2.70. The van der Waals surface area contributed by atoms with Crippen molar-refractivity contribution < 1.29 is 19.2 Å². The molecule has 0 unspecified atom stereocenters. The number of nitro groups is 1. The SMILES string of the molecule is COC(=O)CCNC(=O)C=Cc1ccc([N+](=O)[O-])cc1. The predicted molar refractivity (Wildman–Crippen MR) is 71.8 cm³/mol. The molecule has 7 heteroatoms. The first-order chi connectivity index (χ1) is 9.52. The zero-order valence-electron chi connectivity index (χ0n) is 10.9. The maximum absolute atomic E-state index is 11.4. The van der Waals surface area contributed by atoms with Crippen molar-refractivity contribution >= 4 is 23.6 Å². The normalized spacial score (nSPS) is 10.2. The summed E-state index contributed by atoms with van der Waals surface area (Å²) in [6.07, 6.45) is 2.92. The van der Waals surface area contributed by atoms with E-state index in [9.17, 15) is 19.7 Å². The fourth-order valence-electron chi connectivity index (χ4n) is 1.33. The van der Waals surface area contributed by atoms with Gasteiger partial charge >= 0.3 is 5.97 Å². The van der Waals surface area contributed by atoms with E-state index >= 15 is 0 Å². The molecule has 0 aliphatic carbocycles. The number of carbonyl (C=O) groups excluding carboxylic acids is 2. The molecule has 0 radical (unpaired) electrons. The van der Waals surface area contributed by atoms with Crippen molar-refractivity contribution in [3.63, 3.8) is 0 Å². The van der Waals surface area contributed by atoms with E-state index in [0.717, 1.165) is 0 Å². The highest BCUT2D eigenvalue weighted by Crippen LogP contribution is 2.12. The molecule has 0 atom stereocenters. The summed E-state index contributed by atoms with van der Waals surface area (Å²) in [5.74, 6) is -0.753.